The molecule has 2 aromatic carbocycles. The van der Waals surface area contributed by atoms with Crippen LogP contribution >= 0.6 is 0 Å². The molecule has 3 heterocycles. The third-order valence-electron chi connectivity index (χ3n) is 5.69. The van der Waals surface area contributed by atoms with Gasteiger partial charge in [-0.1, -0.05) is 29.4 Å². The Hall–Kier alpha value is -4.71. The number of pyridine rings is 1. The van der Waals surface area contributed by atoms with E-state index in [1.54, 1.807) is 49.6 Å². The van der Waals surface area contributed by atoms with Crippen molar-refractivity contribution in [2.75, 3.05) is 10.0 Å². The number of hydrogen-bond acceptors (Lipinski definition) is 8. The van der Waals surface area contributed by atoms with Crippen molar-refractivity contribution in [3.8, 4) is 5.75 Å². The average Bonchev–Trinajstić information content (AvgIpc) is 3.51. The summed E-state index contributed by atoms with van der Waals surface area (Å²) in [7, 11) is -3.90. The van der Waals surface area contributed by atoms with Crippen molar-refractivity contribution in [3.63, 3.8) is 0 Å². The summed E-state index contributed by atoms with van der Waals surface area (Å²) in [6.07, 6.45) is 3.69. The Morgan fingerprint density at radius 2 is 1.89 bits per heavy atom. The number of anilines is 2. The largest absolute Gasteiger partial charge is 0.508 e. The Bertz CT molecular complexity index is 1570. The van der Waals surface area contributed by atoms with E-state index in [-0.39, 0.29) is 16.5 Å². The molecule has 0 radical (unpaired) electrons. The van der Waals surface area contributed by atoms with E-state index in [9.17, 15) is 18.3 Å². The first-order chi connectivity index (χ1) is 17.8. The topological polar surface area (TPSA) is 150 Å². The van der Waals surface area contributed by atoms with Crippen LogP contribution in [0.2, 0.25) is 0 Å². The maximum Gasteiger partial charge on any atom is 0.342 e. The van der Waals surface area contributed by atoms with E-state index >= 15 is 0 Å². The van der Waals surface area contributed by atoms with Gasteiger partial charge in [0, 0.05) is 41.7 Å². The van der Waals surface area contributed by atoms with E-state index in [1.807, 2.05) is 6.07 Å². The molecule has 0 spiro atoms. The summed E-state index contributed by atoms with van der Waals surface area (Å²) in [6.45, 7) is 1.65. The van der Waals surface area contributed by atoms with E-state index in [0.717, 1.165) is 5.56 Å². The van der Waals surface area contributed by atoms with Gasteiger partial charge in [-0.15, -0.1) is 0 Å². The molecule has 37 heavy (non-hydrogen) atoms. The zero-order chi connectivity index (χ0) is 26.0. The quantitative estimate of drug-likeness (QED) is 0.345. The number of aryl methyl sites for hydroxylation is 1. The first kappa shape index (κ1) is 24.0. The molecule has 0 saturated heterocycles. The monoisotopic (exact) mass is 518 g/mol. The summed E-state index contributed by atoms with van der Waals surface area (Å²) in [5, 5.41) is 22.6. The molecular weight excluding hydrogens is 496 g/mol. The molecule has 2 aromatic heterocycles. The molecule has 12 heteroatoms. The molecule has 5 rings (SSSR count). The van der Waals surface area contributed by atoms with Gasteiger partial charge in [-0.2, -0.15) is 5.10 Å². The fourth-order valence-corrected chi connectivity index (χ4v) is 4.91. The number of nitrogens with one attached hydrogen (secondary N) is 2. The number of carbonyl (C=O) groups is 1. The number of phenolic OH excluding ortho intramolecular Hbond substituents is 1. The molecule has 188 valence electrons. The standard InChI is InChI=1S/C25H22N6O5S/c1-16-13-24(29-36-16)30-37(34,35)19-10-8-18(9-11-19)27-25(33)31-22(20-6-2-3-7-23(20)32)14-21(28-31)17-5-4-12-26-15-17/h2-13,15,22,32H,14H2,1H3,(H,27,33)(H,29,30). The summed E-state index contributed by atoms with van der Waals surface area (Å²) in [5.74, 6) is 0.591. The Morgan fingerprint density at radius 1 is 1.11 bits per heavy atom. The minimum absolute atomic E-state index is 0.0173. The van der Waals surface area contributed by atoms with Crippen molar-refractivity contribution in [1.82, 2.24) is 15.1 Å². The number of para-hydroxylation sites is 1. The molecule has 0 aliphatic carbocycles. The van der Waals surface area contributed by atoms with Crippen molar-refractivity contribution in [2.24, 2.45) is 5.10 Å². The van der Waals surface area contributed by atoms with Gasteiger partial charge < -0.3 is 14.9 Å². The second-order valence-corrected chi connectivity index (χ2v) is 9.98. The second-order valence-electron chi connectivity index (χ2n) is 8.29. The number of aromatic hydroxyl groups is 1. The molecule has 1 atom stereocenters. The first-order valence-electron chi connectivity index (χ1n) is 11.2. The van der Waals surface area contributed by atoms with Gasteiger partial charge >= 0.3 is 6.03 Å². The summed E-state index contributed by atoms with van der Waals surface area (Å²) in [4.78, 5) is 17.4. The molecule has 3 N–H and O–H groups in total. The van der Waals surface area contributed by atoms with Gasteiger partial charge in [0.05, 0.1) is 16.6 Å². The highest BCUT2D eigenvalue weighted by atomic mass is 32.2. The maximum absolute atomic E-state index is 13.3. The van der Waals surface area contributed by atoms with Crippen LogP contribution in [0.15, 0.2) is 93.6 Å². The lowest BCUT2D eigenvalue weighted by Crippen LogP contribution is -2.31. The number of phenols is 1. The third-order valence-corrected chi connectivity index (χ3v) is 7.06. The highest BCUT2D eigenvalue weighted by molar-refractivity contribution is 7.92. The minimum atomic E-state index is -3.90. The van der Waals surface area contributed by atoms with Crippen molar-refractivity contribution in [3.05, 3.63) is 96.0 Å². The van der Waals surface area contributed by atoms with Crippen LogP contribution < -0.4 is 10.0 Å². The van der Waals surface area contributed by atoms with E-state index < -0.39 is 22.1 Å². The number of nitrogens with zero attached hydrogens (tertiary/aromatic N) is 4. The summed E-state index contributed by atoms with van der Waals surface area (Å²) in [5.41, 5.74) is 2.33. The molecule has 0 bridgehead atoms. The van der Waals surface area contributed by atoms with Crippen LogP contribution in [0.3, 0.4) is 0 Å². The highest BCUT2D eigenvalue weighted by Crippen LogP contribution is 2.37. The number of urea groups is 1. The van der Waals surface area contributed by atoms with Gasteiger partial charge in [0.25, 0.3) is 10.0 Å². The Labute approximate surface area is 212 Å². The van der Waals surface area contributed by atoms with E-state index in [4.69, 9.17) is 4.52 Å². The van der Waals surface area contributed by atoms with Crippen molar-refractivity contribution in [2.45, 2.75) is 24.3 Å². The Morgan fingerprint density at radius 3 is 2.57 bits per heavy atom. The number of sulfonamides is 1. The molecular formula is C25H22N6O5S. The maximum atomic E-state index is 13.3. The van der Waals surface area contributed by atoms with Crippen LogP contribution in [0, 0.1) is 6.92 Å². The van der Waals surface area contributed by atoms with E-state index in [1.165, 1.54) is 35.3 Å². The highest BCUT2D eigenvalue weighted by Gasteiger charge is 2.34. The lowest BCUT2D eigenvalue weighted by molar-refractivity contribution is 0.199. The van der Waals surface area contributed by atoms with Gasteiger partial charge in [-0.05, 0) is 43.3 Å². The second kappa shape index (κ2) is 9.74. The predicted octanol–water partition coefficient (Wildman–Crippen LogP) is 4.27. The van der Waals surface area contributed by atoms with Crippen LogP contribution in [-0.4, -0.2) is 40.4 Å². The van der Waals surface area contributed by atoms with Crippen molar-refractivity contribution >= 4 is 33.3 Å². The number of aromatic nitrogens is 2. The molecule has 4 aromatic rings. The third kappa shape index (κ3) is 5.14. The zero-order valence-corrected chi connectivity index (χ0v) is 20.4. The van der Waals surface area contributed by atoms with Crippen molar-refractivity contribution < 1.29 is 22.8 Å². The number of hydrazone groups is 1. The summed E-state index contributed by atoms with van der Waals surface area (Å²) < 4.78 is 32.5. The normalized spacial score (nSPS) is 15.3. The number of rotatable bonds is 6. The molecule has 0 fully saturated rings. The number of benzene rings is 2. The molecule has 11 nitrogen and oxygen atoms in total. The van der Waals surface area contributed by atoms with Crippen LogP contribution in [0.4, 0.5) is 16.3 Å². The van der Waals surface area contributed by atoms with Gasteiger partial charge in [0.1, 0.15) is 11.5 Å². The lowest BCUT2D eigenvalue weighted by Gasteiger charge is -2.23. The van der Waals surface area contributed by atoms with E-state index in [0.29, 0.717) is 29.1 Å². The molecule has 1 aliphatic heterocycles. The fourth-order valence-electron chi connectivity index (χ4n) is 3.93. The lowest BCUT2D eigenvalue weighted by atomic mass is 9.98. The smallest absolute Gasteiger partial charge is 0.342 e. The van der Waals surface area contributed by atoms with Crippen LogP contribution in [0.1, 0.15) is 29.3 Å². The SMILES string of the molecule is Cc1cc(NS(=O)(=O)c2ccc(NC(=O)N3N=C(c4cccnc4)CC3c3ccccc3O)cc2)no1. The predicted molar refractivity (Wildman–Crippen MR) is 136 cm³/mol. The van der Waals surface area contributed by atoms with Crippen molar-refractivity contribution in [1.29, 1.82) is 0 Å². The minimum Gasteiger partial charge on any atom is -0.508 e. The summed E-state index contributed by atoms with van der Waals surface area (Å²) >= 11 is 0. The van der Waals surface area contributed by atoms with Crippen LogP contribution in [-0.2, 0) is 10.0 Å². The average molecular weight is 519 g/mol. The molecule has 1 aliphatic rings. The number of carbonyl (C=O) groups excluding carboxylic acids is 1. The van der Waals surface area contributed by atoms with E-state index in [2.05, 4.69) is 25.3 Å². The fraction of sp³-hybridized carbons (Fsp3) is 0.120. The number of hydrogen-bond donors (Lipinski definition) is 3. The molecule has 1 unspecified atom stereocenters. The zero-order valence-electron chi connectivity index (χ0n) is 19.6. The first-order valence-corrected chi connectivity index (χ1v) is 12.7. The summed E-state index contributed by atoms with van der Waals surface area (Å²) in [6, 6.07) is 16.4. The van der Waals surface area contributed by atoms with Crippen LogP contribution in [0.25, 0.3) is 0 Å². The Kier molecular flexibility index (Phi) is 6.32. The van der Waals surface area contributed by atoms with Gasteiger partial charge in [-0.3, -0.25) is 9.71 Å². The molecule has 2 amide bonds. The Balaban J connectivity index is 1.36. The van der Waals surface area contributed by atoms with Gasteiger partial charge in [0.15, 0.2) is 5.82 Å². The number of amides is 2. The molecule has 0 saturated carbocycles. The van der Waals surface area contributed by atoms with Gasteiger partial charge in [-0.25, -0.2) is 18.2 Å². The van der Waals surface area contributed by atoms with Gasteiger partial charge in [0.2, 0.25) is 0 Å². The van der Waals surface area contributed by atoms with Crippen LogP contribution in [0.5, 0.6) is 5.75 Å².